The van der Waals surface area contributed by atoms with Crippen LogP contribution in [-0.2, 0) is 4.79 Å². The van der Waals surface area contributed by atoms with Gasteiger partial charge in [-0.2, -0.15) is 5.26 Å². The first-order valence-electron chi connectivity index (χ1n) is 5.80. The van der Waals surface area contributed by atoms with E-state index in [1.54, 1.807) is 0 Å². The number of carbonyl (C=O) groups is 1. The standard InChI is InChI=1S/C13H16FN3O/c1-2-9(7-15)6-13(18)17-12-4-3-10(8-16)5-11(12)14/h3-5,9H,2,6-7,15H2,1H3,(H,17,18). The smallest absolute Gasteiger partial charge is 0.224 e. The van der Waals surface area contributed by atoms with Crippen LogP contribution in [0.5, 0.6) is 0 Å². The Labute approximate surface area is 106 Å². The maximum Gasteiger partial charge on any atom is 0.224 e. The Morgan fingerprint density at radius 2 is 2.33 bits per heavy atom. The summed E-state index contributed by atoms with van der Waals surface area (Å²) in [5.41, 5.74) is 5.81. The molecule has 5 heteroatoms. The highest BCUT2D eigenvalue weighted by atomic mass is 19.1. The van der Waals surface area contributed by atoms with Crippen molar-refractivity contribution in [1.29, 1.82) is 5.26 Å². The van der Waals surface area contributed by atoms with Gasteiger partial charge in [0, 0.05) is 6.42 Å². The lowest BCUT2D eigenvalue weighted by atomic mass is 10.0. The van der Waals surface area contributed by atoms with Crippen LogP contribution >= 0.6 is 0 Å². The summed E-state index contributed by atoms with van der Waals surface area (Å²) >= 11 is 0. The topological polar surface area (TPSA) is 78.9 Å². The monoisotopic (exact) mass is 249 g/mol. The fourth-order valence-corrected chi connectivity index (χ4v) is 1.54. The third kappa shape index (κ3) is 3.82. The summed E-state index contributed by atoms with van der Waals surface area (Å²) in [5, 5.41) is 11.1. The van der Waals surface area contributed by atoms with E-state index in [0.717, 1.165) is 12.5 Å². The zero-order chi connectivity index (χ0) is 13.5. The lowest BCUT2D eigenvalue weighted by Crippen LogP contribution is -2.22. The molecule has 1 unspecified atom stereocenters. The van der Waals surface area contributed by atoms with Crippen LogP contribution in [0.2, 0.25) is 0 Å². The number of anilines is 1. The number of nitriles is 1. The number of hydrogen-bond donors (Lipinski definition) is 2. The van der Waals surface area contributed by atoms with Gasteiger partial charge in [0.25, 0.3) is 0 Å². The third-order valence-corrected chi connectivity index (χ3v) is 2.76. The minimum Gasteiger partial charge on any atom is -0.330 e. The minimum absolute atomic E-state index is 0.0888. The Bertz CT molecular complexity index is 464. The van der Waals surface area contributed by atoms with E-state index in [0.29, 0.717) is 6.54 Å². The molecule has 1 atom stereocenters. The lowest BCUT2D eigenvalue weighted by Gasteiger charge is -2.12. The van der Waals surface area contributed by atoms with Gasteiger partial charge in [0.2, 0.25) is 5.91 Å². The molecule has 0 aliphatic carbocycles. The van der Waals surface area contributed by atoms with Crippen molar-refractivity contribution in [2.24, 2.45) is 11.7 Å². The average Bonchev–Trinajstić information content (AvgIpc) is 2.38. The SMILES string of the molecule is CCC(CN)CC(=O)Nc1ccc(C#N)cc1F. The summed E-state index contributed by atoms with van der Waals surface area (Å²) in [6.07, 6.45) is 1.08. The van der Waals surface area contributed by atoms with E-state index in [4.69, 9.17) is 11.0 Å². The maximum atomic E-state index is 13.5. The van der Waals surface area contributed by atoms with Gasteiger partial charge in [-0.1, -0.05) is 13.3 Å². The molecule has 96 valence electrons. The van der Waals surface area contributed by atoms with Crippen molar-refractivity contribution in [3.63, 3.8) is 0 Å². The van der Waals surface area contributed by atoms with Crippen LogP contribution in [0.25, 0.3) is 0 Å². The Morgan fingerprint density at radius 1 is 1.61 bits per heavy atom. The molecule has 0 bridgehead atoms. The van der Waals surface area contributed by atoms with E-state index in [2.05, 4.69) is 5.32 Å². The molecule has 3 N–H and O–H groups in total. The van der Waals surface area contributed by atoms with Crippen molar-refractivity contribution in [1.82, 2.24) is 0 Å². The number of carbonyl (C=O) groups excluding carboxylic acids is 1. The summed E-state index contributed by atoms with van der Waals surface area (Å²) < 4.78 is 13.5. The second-order valence-electron chi connectivity index (χ2n) is 4.07. The molecule has 0 fully saturated rings. The maximum absolute atomic E-state index is 13.5. The Balaban J connectivity index is 2.68. The molecule has 1 aromatic rings. The van der Waals surface area contributed by atoms with Gasteiger partial charge in [-0.25, -0.2) is 4.39 Å². The molecular formula is C13H16FN3O. The number of nitrogens with one attached hydrogen (secondary N) is 1. The van der Waals surface area contributed by atoms with Crippen LogP contribution in [0.15, 0.2) is 18.2 Å². The summed E-state index contributed by atoms with van der Waals surface area (Å²) in [6, 6.07) is 5.76. The molecule has 0 radical (unpaired) electrons. The van der Waals surface area contributed by atoms with Crippen LogP contribution in [0.4, 0.5) is 10.1 Å². The van der Waals surface area contributed by atoms with E-state index >= 15 is 0 Å². The quantitative estimate of drug-likeness (QED) is 0.837. The number of nitrogens with two attached hydrogens (primary N) is 1. The van der Waals surface area contributed by atoms with Crippen molar-refractivity contribution >= 4 is 11.6 Å². The fourth-order valence-electron chi connectivity index (χ4n) is 1.54. The number of amides is 1. The molecule has 0 heterocycles. The summed E-state index contributed by atoms with van der Waals surface area (Å²) in [6.45, 7) is 2.38. The van der Waals surface area contributed by atoms with Crippen LogP contribution in [0.1, 0.15) is 25.3 Å². The van der Waals surface area contributed by atoms with E-state index in [-0.39, 0.29) is 29.5 Å². The van der Waals surface area contributed by atoms with E-state index in [1.165, 1.54) is 12.1 Å². The fraction of sp³-hybridized carbons (Fsp3) is 0.385. The Morgan fingerprint density at radius 3 is 2.83 bits per heavy atom. The number of benzene rings is 1. The predicted molar refractivity (Wildman–Crippen MR) is 67.2 cm³/mol. The largest absolute Gasteiger partial charge is 0.330 e. The molecule has 0 aliphatic rings. The van der Waals surface area contributed by atoms with Crippen molar-refractivity contribution in [2.45, 2.75) is 19.8 Å². The van der Waals surface area contributed by atoms with Crippen LogP contribution in [0, 0.1) is 23.1 Å². The van der Waals surface area contributed by atoms with Crippen LogP contribution in [-0.4, -0.2) is 12.5 Å². The zero-order valence-electron chi connectivity index (χ0n) is 10.2. The van der Waals surface area contributed by atoms with Crippen molar-refractivity contribution in [3.8, 4) is 6.07 Å². The summed E-state index contributed by atoms with van der Waals surface area (Å²) in [7, 11) is 0. The Kier molecular flexibility index (Phi) is 5.28. The molecular weight excluding hydrogens is 233 g/mol. The molecule has 4 nitrogen and oxygen atoms in total. The van der Waals surface area contributed by atoms with Gasteiger partial charge in [0.05, 0.1) is 17.3 Å². The first-order valence-corrected chi connectivity index (χ1v) is 5.80. The average molecular weight is 249 g/mol. The number of hydrogen-bond acceptors (Lipinski definition) is 3. The van der Waals surface area contributed by atoms with Crippen LogP contribution < -0.4 is 11.1 Å². The van der Waals surface area contributed by atoms with E-state index in [1.807, 2.05) is 13.0 Å². The summed E-state index contributed by atoms with van der Waals surface area (Å²) in [5.74, 6) is -0.773. The summed E-state index contributed by atoms with van der Waals surface area (Å²) in [4.78, 5) is 11.6. The molecule has 0 saturated carbocycles. The highest BCUT2D eigenvalue weighted by Gasteiger charge is 2.12. The van der Waals surface area contributed by atoms with E-state index in [9.17, 15) is 9.18 Å². The van der Waals surface area contributed by atoms with Gasteiger partial charge in [-0.05, 0) is 30.7 Å². The minimum atomic E-state index is -0.608. The number of rotatable bonds is 5. The van der Waals surface area contributed by atoms with Crippen molar-refractivity contribution in [3.05, 3.63) is 29.6 Å². The highest BCUT2D eigenvalue weighted by molar-refractivity contribution is 5.91. The second-order valence-corrected chi connectivity index (χ2v) is 4.07. The molecule has 0 saturated heterocycles. The first-order chi connectivity index (χ1) is 8.60. The molecule has 1 amide bonds. The molecule has 0 spiro atoms. The Hall–Kier alpha value is -1.93. The number of nitrogens with zero attached hydrogens (tertiary/aromatic N) is 1. The van der Waals surface area contributed by atoms with Crippen molar-refractivity contribution < 1.29 is 9.18 Å². The van der Waals surface area contributed by atoms with Crippen LogP contribution in [0.3, 0.4) is 0 Å². The van der Waals surface area contributed by atoms with Gasteiger partial charge in [0.15, 0.2) is 0 Å². The van der Waals surface area contributed by atoms with Gasteiger partial charge >= 0.3 is 0 Å². The lowest BCUT2D eigenvalue weighted by molar-refractivity contribution is -0.117. The predicted octanol–water partition coefficient (Wildman–Crippen LogP) is 2.01. The normalized spacial score (nSPS) is 11.7. The molecule has 0 aromatic heterocycles. The van der Waals surface area contributed by atoms with Gasteiger partial charge < -0.3 is 11.1 Å². The third-order valence-electron chi connectivity index (χ3n) is 2.76. The number of halogens is 1. The van der Waals surface area contributed by atoms with Gasteiger partial charge in [-0.15, -0.1) is 0 Å². The zero-order valence-corrected chi connectivity index (χ0v) is 10.2. The highest BCUT2D eigenvalue weighted by Crippen LogP contribution is 2.16. The van der Waals surface area contributed by atoms with Gasteiger partial charge in [-0.3, -0.25) is 4.79 Å². The molecule has 1 aromatic carbocycles. The molecule has 0 aliphatic heterocycles. The second kappa shape index (κ2) is 6.72. The van der Waals surface area contributed by atoms with E-state index < -0.39 is 5.82 Å². The molecule has 1 rings (SSSR count). The van der Waals surface area contributed by atoms with Gasteiger partial charge in [0.1, 0.15) is 5.82 Å². The first kappa shape index (κ1) is 14.1. The van der Waals surface area contributed by atoms with Crippen molar-refractivity contribution in [2.75, 3.05) is 11.9 Å². The molecule has 18 heavy (non-hydrogen) atoms.